The van der Waals surface area contributed by atoms with Crippen molar-refractivity contribution in [3.63, 3.8) is 0 Å². The zero-order chi connectivity index (χ0) is 13.2. The lowest BCUT2D eigenvalue weighted by Crippen LogP contribution is -2.41. The number of phenols is 2. The Morgan fingerprint density at radius 3 is 2.35 bits per heavy atom. The molecular formula is C13H19NO3. The minimum atomic E-state index is -0.343. The number of nitrogens with one attached hydrogen (secondary N) is 1. The summed E-state index contributed by atoms with van der Waals surface area (Å²) in [5.41, 5.74) is 0.112. The van der Waals surface area contributed by atoms with Gasteiger partial charge in [0, 0.05) is 12.1 Å². The van der Waals surface area contributed by atoms with E-state index in [0.29, 0.717) is 0 Å². The van der Waals surface area contributed by atoms with Gasteiger partial charge in [-0.15, -0.1) is 0 Å². The zero-order valence-electron chi connectivity index (χ0n) is 10.6. The smallest absolute Gasteiger partial charge is 0.255 e. The van der Waals surface area contributed by atoms with Crippen molar-refractivity contribution >= 4 is 5.91 Å². The Kier molecular flexibility index (Phi) is 3.66. The first-order chi connectivity index (χ1) is 7.71. The van der Waals surface area contributed by atoms with Crippen LogP contribution in [0.2, 0.25) is 0 Å². The van der Waals surface area contributed by atoms with Gasteiger partial charge in [0.25, 0.3) is 5.91 Å². The van der Waals surface area contributed by atoms with Crippen LogP contribution < -0.4 is 5.32 Å². The minimum absolute atomic E-state index is 0.0248. The molecule has 0 saturated heterocycles. The number of rotatable bonds is 2. The number of aromatic hydroxyl groups is 2. The van der Waals surface area contributed by atoms with E-state index < -0.39 is 0 Å². The second kappa shape index (κ2) is 4.65. The summed E-state index contributed by atoms with van der Waals surface area (Å²) in [6.07, 6.45) is 0. The van der Waals surface area contributed by atoms with Gasteiger partial charge in [0.15, 0.2) is 0 Å². The van der Waals surface area contributed by atoms with E-state index in [4.69, 9.17) is 5.11 Å². The van der Waals surface area contributed by atoms with E-state index in [1.807, 2.05) is 27.7 Å². The summed E-state index contributed by atoms with van der Waals surface area (Å²) in [4.78, 5) is 11.9. The maximum Gasteiger partial charge on any atom is 0.255 e. The fourth-order valence-electron chi connectivity index (χ4n) is 1.20. The molecule has 1 aromatic carbocycles. The van der Waals surface area contributed by atoms with Crippen LogP contribution >= 0.6 is 0 Å². The summed E-state index contributed by atoms with van der Waals surface area (Å²) in [5, 5.41) is 21.5. The van der Waals surface area contributed by atoms with Crippen molar-refractivity contribution in [2.45, 2.75) is 33.7 Å². The Balaban J connectivity index is 2.84. The van der Waals surface area contributed by atoms with Crippen LogP contribution in [-0.4, -0.2) is 22.2 Å². The molecule has 4 nitrogen and oxygen atoms in total. The Bertz CT molecular complexity index is 421. The van der Waals surface area contributed by atoms with Crippen LogP contribution in [0.3, 0.4) is 0 Å². The molecule has 0 fully saturated rings. The molecule has 94 valence electrons. The van der Waals surface area contributed by atoms with Crippen LogP contribution in [0.25, 0.3) is 0 Å². The molecule has 0 heterocycles. The van der Waals surface area contributed by atoms with Gasteiger partial charge >= 0.3 is 0 Å². The van der Waals surface area contributed by atoms with Crippen molar-refractivity contribution in [2.24, 2.45) is 5.41 Å². The molecular weight excluding hydrogens is 218 g/mol. The normalized spacial score (nSPS) is 13.2. The van der Waals surface area contributed by atoms with Crippen molar-refractivity contribution in [1.29, 1.82) is 0 Å². The zero-order valence-corrected chi connectivity index (χ0v) is 10.6. The summed E-state index contributed by atoms with van der Waals surface area (Å²) in [7, 11) is 0. The third-order valence-corrected chi connectivity index (χ3v) is 2.87. The fraction of sp³-hybridized carbons (Fsp3) is 0.462. The molecule has 0 saturated carbocycles. The summed E-state index contributed by atoms with van der Waals surface area (Å²) < 4.78 is 0. The molecule has 0 aromatic heterocycles. The molecule has 0 radical (unpaired) electrons. The van der Waals surface area contributed by atoms with Crippen LogP contribution in [0, 0.1) is 5.41 Å². The predicted molar refractivity (Wildman–Crippen MR) is 66.2 cm³/mol. The second-order valence-corrected chi connectivity index (χ2v) is 5.26. The van der Waals surface area contributed by atoms with Gasteiger partial charge in [0.2, 0.25) is 0 Å². The van der Waals surface area contributed by atoms with Crippen LogP contribution in [0.4, 0.5) is 0 Å². The SMILES string of the molecule is CC(NC(=O)c1ccc(O)cc1O)C(C)(C)C. The lowest BCUT2D eigenvalue weighted by atomic mass is 9.88. The number of benzene rings is 1. The molecule has 0 aliphatic heterocycles. The Labute approximate surface area is 101 Å². The van der Waals surface area contributed by atoms with E-state index in [0.717, 1.165) is 6.07 Å². The van der Waals surface area contributed by atoms with E-state index in [-0.39, 0.29) is 34.4 Å². The molecule has 0 spiro atoms. The van der Waals surface area contributed by atoms with Gasteiger partial charge in [-0.3, -0.25) is 4.79 Å². The van der Waals surface area contributed by atoms with Crippen molar-refractivity contribution < 1.29 is 15.0 Å². The third kappa shape index (κ3) is 3.37. The van der Waals surface area contributed by atoms with Crippen molar-refractivity contribution in [1.82, 2.24) is 5.32 Å². The average molecular weight is 237 g/mol. The summed E-state index contributed by atoms with van der Waals surface area (Å²) in [6.45, 7) is 7.98. The number of phenolic OH excluding ortho intramolecular Hbond substituents is 2. The van der Waals surface area contributed by atoms with E-state index >= 15 is 0 Å². The van der Waals surface area contributed by atoms with Crippen molar-refractivity contribution in [2.75, 3.05) is 0 Å². The van der Waals surface area contributed by atoms with Gasteiger partial charge in [-0.25, -0.2) is 0 Å². The highest BCUT2D eigenvalue weighted by Crippen LogP contribution is 2.24. The first-order valence-electron chi connectivity index (χ1n) is 5.54. The Hall–Kier alpha value is -1.71. The summed E-state index contributed by atoms with van der Waals surface area (Å²) >= 11 is 0. The summed E-state index contributed by atoms with van der Waals surface area (Å²) in [5.74, 6) is -0.628. The van der Waals surface area contributed by atoms with Crippen molar-refractivity contribution in [3.8, 4) is 11.5 Å². The highest BCUT2D eigenvalue weighted by Gasteiger charge is 2.23. The molecule has 3 N–H and O–H groups in total. The quantitative estimate of drug-likeness (QED) is 0.739. The molecule has 4 heteroatoms. The maximum absolute atomic E-state index is 11.9. The van der Waals surface area contributed by atoms with Crippen LogP contribution in [-0.2, 0) is 0 Å². The summed E-state index contributed by atoms with van der Waals surface area (Å²) in [6, 6.07) is 3.89. The molecule has 1 amide bonds. The molecule has 1 rings (SSSR count). The molecule has 1 atom stereocenters. The minimum Gasteiger partial charge on any atom is -0.508 e. The largest absolute Gasteiger partial charge is 0.508 e. The Morgan fingerprint density at radius 1 is 1.29 bits per heavy atom. The van der Waals surface area contributed by atoms with Crippen LogP contribution in [0.1, 0.15) is 38.1 Å². The molecule has 0 aliphatic rings. The number of hydrogen-bond acceptors (Lipinski definition) is 3. The first-order valence-corrected chi connectivity index (χ1v) is 5.54. The number of hydrogen-bond donors (Lipinski definition) is 3. The monoisotopic (exact) mass is 237 g/mol. The predicted octanol–water partition coefficient (Wildman–Crippen LogP) is 2.26. The van der Waals surface area contributed by atoms with Gasteiger partial charge in [-0.05, 0) is 24.5 Å². The average Bonchev–Trinajstić information content (AvgIpc) is 2.15. The number of carbonyl (C=O) groups excluding carboxylic acids is 1. The highest BCUT2D eigenvalue weighted by molar-refractivity contribution is 5.97. The van der Waals surface area contributed by atoms with Gasteiger partial charge in [-0.2, -0.15) is 0 Å². The lowest BCUT2D eigenvalue weighted by Gasteiger charge is -2.28. The van der Waals surface area contributed by atoms with E-state index in [1.165, 1.54) is 12.1 Å². The highest BCUT2D eigenvalue weighted by atomic mass is 16.3. The molecule has 0 aliphatic carbocycles. The number of amides is 1. The van der Waals surface area contributed by atoms with Gasteiger partial charge in [-0.1, -0.05) is 20.8 Å². The fourth-order valence-corrected chi connectivity index (χ4v) is 1.20. The van der Waals surface area contributed by atoms with Crippen LogP contribution in [0.5, 0.6) is 11.5 Å². The Morgan fingerprint density at radius 2 is 1.88 bits per heavy atom. The van der Waals surface area contributed by atoms with Crippen molar-refractivity contribution in [3.05, 3.63) is 23.8 Å². The molecule has 1 aromatic rings. The molecule has 1 unspecified atom stereocenters. The van der Waals surface area contributed by atoms with Crippen LogP contribution in [0.15, 0.2) is 18.2 Å². The van der Waals surface area contributed by atoms with E-state index in [1.54, 1.807) is 0 Å². The molecule has 17 heavy (non-hydrogen) atoms. The second-order valence-electron chi connectivity index (χ2n) is 5.26. The van der Waals surface area contributed by atoms with Gasteiger partial charge in [0.05, 0.1) is 5.56 Å². The standard InChI is InChI=1S/C13H19NO3/c1-8(13(2,3)4)14-12(17)10-6-5-9(15)7-11(10)16/h5-8,15-16H,1-4H3,(H,14,17). The topological polar surface area (TPSA) is 69.6 Å². The maximum atomic E-state index is 11.9. The number of carbonyl (C=O) groups is 1. The first kappa shape index (κ1) is 13.4. The lowest BCUT2D eigenvalue weighted by molar-refractivity contribution is 0.0907. The van der Waals surface area contributed by atoms with E-state index in [9.17, 15) is 9.90 Å². The molecule has 0 bridgehead atoms. The van der Waals surface area contributed by atoms with E-state index in [2.05, 4.69) is 5.32 Å². The third-order valence-electron chi connectivity index (χ3n) is 2.87. The van der Waals surface area contributed by atoms with Gasteiger partial charge < -0.3 is 15.5 Å². The van der Waals surface area contributed by atoms with Gasteiger partial charge in [0.1, 0.15) is 11.5 Å².